The van der Waals surface area contributed by atoms with E-state index in [0.29, 0.717) is 5.52 Å². The van der Waals surface area contributed by atoms with Gasteiger partial charge in [-0.2, -0.15) is 5.10 Å². The van der Waals surface area contributed by atoms with Crippen LogP contribution >= 0.6 is 15.9 Å². The molecule has 19 heavy (non-hydrogen) atoms. The maximum absolute atomic E-state index is 12.7. The van der Waals surface area contributed by atoms with Gasteiger partial charge in [-0.25, -0.2) is 18.1 Å². The highest BCUT2D eigenvalue weighted by molar-refractivity contribution is 9.10. The lowest BCUT2D eigenvalue weighted by molar-refractivity contribution is -0.0233. The molecule has 102 valence electrons. The molecule has 5 nitrogen and oxygen atoms in total. The molecule has 1 N–H and O–H groups in total. The molecule has 2 rings (SSSR count). The molecular formula is C11H9BrF2N2O3. The summed E-state index contributed by atoms with van der Waals surface area (Å²) in [6, 6.07) is 2.86. The van der Waals surface area contributed by atoms with E-state index >= 15 is 0 Å². The van der Waals surface area contributed by atoms with Crippen LogP contribution < -0.4 is 4.74 Å². The number of aromatic carboxylic acids is 1. The first-order chi connectivity index (χ1) is 8.79. The van der Waals surface area contributed by atoms with Crippen LogP contribution in [0.15, 0.2) is 22.9 Å². The van der Waals surface area contributed by atoms with E-state index in [0.717, 1.165) is 6.92 Å². The first-order valence-corrected chi connectivity index (χ1v) is 5.99. The number of carbonyl (C=O) groups is 1. The lowest BCUT2D eigenvalue weighted by Crippen LogP contribution is -2.21. The third kappa shape index (κ3) is 2.83. The predicted molar refractivity (Wildman–Crippen MR) is 66.0 cm³/mol. The largest absolute Gasteiger partial charge is 0.484 e. The molecular weight excluding hydrogens is 326 g/mol. The van der Waals surface area contributed by atoms with E-state index in [1.165, 1.54) is 22.8 Å². The minimum Gasteiger partial charge on any atom is -0.484 e. The summed E-state index contributed by atoms with van der Waals surface area (Å²) in [6.07, 6.45) is 1.18. The highest BCUT2D eigenvalue weighted by Crippen LogP contribution is 2.28. The Hall–Kier alpha value is -1.70. The van der Waals surface area contributed by atoms with Crippen molar-refractivity contribution in [3.63, 3.8) is 0 Å². The summed E-state index contributed by atoms with van der Waals surface area (Å²) < 4.78 is 32.0. The van der Waals surface area contributed by atoms with Gasteiger partial charge in [0, 0.05) is 6.92 Å². The fourth-order valence-electron chi connectivity index (χ4n) is 1.48. The van der Waals surface area contributed by atoms with Gasteiger partial charge >= 0.3 is 5.97 Å². The molecule has 2 aromatic heterocycles. The van der Waals surface area contributed by atoms with Crippen molar-refractivity contribution < 1.29 is 23.4 Å². The number of alkyl halides is 2. The van der Waals surface area contributed by atoms with Crippen molar-refractivity contribution in [3.05, 3.63) is 28.5 Å². The van der Waals surface area contributed by atoms with Crippen LogP contribution in [-0.4, -0.2) is 33.2 Å². The molecule has 0 aromatic carbocycles. The van der Waals surface area contributed by atoms with Crippen molar-refractivity contribution in [3.8, 4) is 5.75 Å². The highest BCUT2D eigenvalue weighted by Gasteiger charge is 2.23. The van der Waals surface area contributed by atoms with Crippen molar-refractivity contribution in [2.45, 2.75) is 12.8 Å². The number of halogens is 3. The Kier molecular flexibility index (Phi) is 3.44. The van der Waals surface area contributed by atoms with Crippen LogP contribution in [0.5, 0.6) is 5.75 Å². The van der Waals surface area contributed by atoms with Crippen molar-refractivity contribution in [2.75, 3.05) is 6.61 Å². The summed E-state index contributed by atoms with van der Waals surface area (Å²) in [7, 11) is 0. The Morgan fingerprint density at radius 2 is 2.26 bits per heavy atom. The van der Waals surface area contributed by atoms with Crippen molar-refractivity contribution in [2.24, 2.45) is 0 Å². The number of rotatable bonds is 4. The third-order valence-corrected chi connectivity index (χ3v) is 3.03. The topological polar surface area (TPSA) is 63.8 Å². The van der Waals surface area contributed by atoms with Crippen molar-refractivity contribution in [1.82, 2.24) is 9.61 Å². The molecule has 0 aliphatic heterocycles. The molecule has 2 heterocycles. The average Bonchev–Trinajstić information content (AvgIpc) is 2.71. The van der Waals surface area contributed by atoms with Gasteiger partial charge in [-0.1, -0.05) is 0 Å². The molecule has 0 aliphatic rings. The quantitative estimate of drug-likeness (QED) is 0.873. The molecule has 0 bridgehead atoms. The predicted octanol–water partition coefficient (Wildman–Crippen LogP) is 2.83. The van der Waals surface area contributed by atoms with E-state index in [-0.39, 0.29) is 15.9 Å². The number of pyridine rings is 1. The maximum atomic E-state index is 12.7. The molecule has 0 saturated heterocycles. The van der Waals surface area contributed by atoms with Gasteiger partial charge in [-0.15, -0.1) is 0 Å². The Morgan fingerprint density at radius 1 is 1.58 bits per heavy atom. The zero-order valence-electron chi connectivity index (χ0n) is 9.73. The van der Waals surface area contributed by atoms with Crippen LogP contribution in [-0.2, 0) is 0 Å². The molecule has 0 unspecified atom stereocenters. The lowest BCUT2D eigenvalue weighted by Gasteiger charge is -2.13. The second kappa shape index (κ2) is 4.76. The van der Waals surface area contributed by atoms with Crippen LogP contribution in [0.1, 0.15) is 17.3 Å². The van der Waals surface area contributed by atoms with Gasteiger partial charge < -0.3 is 9.84 Å². The molecule has 8 heteroatoms. The van der Waals surface area contributed by atoms with Crippen LogP contribution in [0.25, 0.3) is 5.52 Å². The average molecular weight is 335 g/mol. The van der Waals surface area contributed by atoms with Gasteiger partial charge in [0.1, 0.15) is 10.2 Å². The maximum Gasteiger partial charge on any atom is 0.339 e. The number of fused-ring (bicyclic) bond motifs is 1. The summed E-state index contributed by atoms with van der Waals surface area (Å²) >= 11 is 3.15. The Morgan fingerprint density at radius 3 is 2.84 bits per heavy atom. The third-order valence-electron chi connectivity index (χ3n) is 2.30. The van der Waals surface area contributed by atoms with E-state index in [4.69, 9.17) is 9.84 Å². The molecule has 0 aliphatic carbocycles. The van der Waals surface area contributed by atoms with Gasteiger partial charge in [0.05, 0.1) is 11.7 Å². The Labute approximate surface area is 114 Å². The van der Waals surface area contributed by atoms with E-state index in [9.17, 15) is 13.6 Å². The number of hydrogen-bond donors (Lipinski definition) is 1. The van der Waals surface area contributed by atoms with Gasteiger partial charge in [0.15, 0.2) is 12.4 Å². The second-order valence-electron chi connectivity index (χ2n) is 4.01. The number of nitrogens with zero attached hydrogens (tertiary/aromatic N) is 2. The van der Waals surface area contributed by atoms with Gasteiger partial charge in [-0.3, -0.25) is 0 Å². The first-order valence-electron chi connectivity index (χ1n) is 5.20. The van der Waals surface area contributed by atoms with Crippen LogP contribution in [0.3, 0.4) is 0 Å². The van der Waals surface area contributed by atoms with E-state index in [2.05, 4.69) is 21.0 Å². The van der Waals surface area contributed by atoms with Crippen LogP contribution in [0.2, 0.25) is 0 Å². The van der Waals surface area contributed by atoms with Crippen molar-refractivity contribution in [1.29, 1.82) is 0 Å². The van der Waals surface area contributed by atoms with E-state index in [1.807, 2.05) is 0 Å². The first kappa shape index (κ1) is 13.7. The van der Waals surface area contributed by atoms with Gasteiger partial charge in [0.2, 0.25) is 0 Å². The monoisotopic (exact) mass is 334 g/mol. The summed E-state index contributed by atoms with van der Waals surface area (Å²) in [5.74, 6) is -3.91. The molecule has 0 saturated carbocycles. The fourth-order valence-corrected chi connectivity index (χ4v) is 2.01. The second-order valence-corrected chi connectivity index (χ2v) is 4.76. The zero-order valence-corrected chi connectivity index (χ0v) is 11.3. The fraction of sp³-hybridized carbons (Fsp3) is 0.273. The number of ether oxygens (including phenoxy) is 1. The van der Waals surface area contributed by atoms with Gasteiger partial charge in [-0.05, 0) is 28.1 Å². The Balaban J connectivity index is 2.39. The van der Waals surface area contributed by atoms with E-state index in [1.54, 1.807) is 0 Å². The molecule has 0 fully saturated rings. The lowest BCUT2D eigenvalue weighted by atomic mass is 10.2. The standard InChI is InChI=1S/C11H9BrF2N2O3/c1-11(13,14)5-19-8-3-2-7-6(10(17)18)4-15-16(7)9(8)12/h2-4H,5H2,1H3,(H,17,18). The number of aromatic nitrogens is 2. The summed E-state index contributed by atoms with van der Waals surface area (Å²) in [4.78, 5) is 10.9. The minimum absolute atomic E-state index is 0.0214. The molecule has 0 atom stereocenters. The molecule has 0 amide bonds. The number of carboxylic acids is 1. The number of carboxylic acid groups (broad SMARTS) is 1. The normalized spacial score (nSPS) is 11.8. The van der Waals surface area contributed by atoms with Crippen molar-refractivity contribution >= 4 is 27.4 Å². The van der Waals surface area contributed by atoms with Crippen LogP contribution in [0.4, 0.5) is 8.78 Å². The van der Waals surface area contributed by atoms with Gasteiger partial charge in [0.25, 0.3) is 5.92 Å². The smallest absolute Gasteiger partial charge is 0.339 e. The summed E-state index contributed by atoms with van der Waals surface area (Å²) in [5, 5.41) is 12.8. The van der Waals surface area contributed by atoms with E-state index < -0.39 is 18.5 Å². The Bertz CT molecular complexity index is 637. The molecule has 0 radical (unpaired) electrons. The molecule has 2 aromatic rings. The highest BCUT2D eigenvalue weighted by atomic mass is 79.9. The SMILES string of the molecule is CC(F)(F)COc1ccc2c(C(=O)O)cnn2c1Br. The zero-order chi connectivity index (χ0) is 14.2. The summed E-state index contributed by atoms with van der Waals surface area (Å²) in [5.41, 5.74) is 0.364. The molecule has 0 spiro atoms. The minimum atomic E-state index is -2.95. The van der Waals surface area contributed by atoms with Crippen LogP contribution in [0, 0.1) is 0 Å². The summed E-state index contributed by atoms with van der Waals surface area (Å²) in [6.45, 7) is -0.0277. The number of hydrogen-bond acceptors (Lipinski definition) is 3.